The van der Waals surface area contributed by atoms with Gasteiger partial charge in [-0.25, -0.2) is 13.6 Å². The van der Waals surface area contributed by atoms with E-state index >= 15 is 0 Å². The van der Waals surface area contributed by atoms with Crippen molar-refractivity contribution in [1.29, 1.82) is 0 Å². The summed E-state index contributed by atoms with van der Waals surface area (Å²) < 4.78 is 38.9. The van der Waals surface area contributed by atoms with E-state index in [1.807, 2.05) is 20.8 Å². The SMILES string of the molecule is COC1CCN(C(=O)OC(C)(C)C)CC12CCN(C(c1ccc(F)cc1)c1ccc(F)cc1)C2. The highest BCUT2D eigenvalue weighted by Gasteiger charge is 2.51. The average molecular weight is 473 g/mol. The van der Waals surface area contributed by atoms with Crippen molar-refractivity contribution in [3.63, 3.8) is 0 Å². The third kappa shape index (κ3) is 5.26. The second kappa shape index (κ2) is 9.62. The number of halogens is 2. The third-order valence-corrected chi connectivity index (χ3v) is 6.94. The second-order valence-electron chi connectivity index (χ2n) is 10.5. The van der Waals surface area contributed by atoms with Crippen molar-refractivity contribution in [2.45, 2.75) is 51.4 Å². The number of rotatable bonds is 4. The Kier molecular flexibility index (Phi) is 6.97. The van der Waals surface area contributed by atoms with E-state index < -0.39 is 5.60 Å². The molecule has 184 valence electrons. The Labute approximate surface area is 200 Å². The minimum atomic E-state index is -0.555. The first-order valence-electron chi connectivity index (χ1n) is 11.9. The lowest BCUT2D eigenvalue weighted by molar-refractivity contribution is -0.0690. The van der Waals surface area contributed by atoms with E-state index in [0.29, 0.717) is 19.6 Å². The lowest BCUT2D eigenvalue weighted by atomic mass is 9.76. The number of nitrogens with zero attached hydrogens (tertiary/aromatic N) is 2. The highest BCUT2D eigenvalue weighted by molar-refractivity contribution is 5.68. The van der Waals surface area contributed by atoms with E-state index in [2.05, 4.69) is 4.90 Å². The van der Waals surface area contributed by atoms with Crippen molar-refractivity contribution in [2.75, 3.05) is 33.3 Å². The molecule has 2 atom stereocenters. The largest absolute Gasteiger partial charge is 0.444 e. The van der Waals surface area contributed by atoms with Gasteiger partial charge in [-0.15, -0.1) is 0 Å². The summed E-state index contributed by atoms with van der Waals surface area (Å²) in [4.78, 5) is 17.0. The zero-order chi connectivity index (χ0) is 24.5. The van der Waals surface area contributed by atoms with Gasteiger partial charge in [0.1, 0.15) is 17.2 Å². The third-order valence-electron chi connectivity index (χ3n) is 6.94. The number of likely N-dealkylation sites (tertiary alicyclic amines) is 2. The molecule has 2 aliphatic rings. The molecule has 2 saturated heterocycles. The molecule has 0 aromatic heterocycles. The fraction of sp³-hybridized carbons (Fsp3) is 0.519. The van der Waals surface area contributed by atoms with Crippen LogP contribution in [0.5, 0.6) is 0 Å². The fourth-order valence-electron chi connectivity index (χ4n) is 5.44. The number of hydrogen-bond acceptors (Lipinski definition) is 4. The summed E-state index contributed by atoms with van der Waals surface area (Å²) in [6.45, 7) is 8.23. The van der Waals surface area contributed by atoms with Crippen LogP contribution in [0.15, 0.2) is 48.5 Å². The smallest absolute Gasteiger partial charge is 0.410 e. The zero-order valence-electron chi connectivity index (χ0n) is 20.4. The number of piperidine rings is 1. The molecule has 2 unspecified atom stereocenters. The van der Waals surface area contributed by atoms with Crippen LogP contribution in [0.2, 0.25) is 0 Å². The molecule has 0 bridgehead atoms. The van der Waals surface area contributed by atoms with Crippen molar-refractivity contribution in [1.82, 2.24) is 9.80 Å². The van der Waals surface area contributed by atoms with Crippen molar-refractivity contribution in [3.05, 3.63) is 71.3 Å². The zero-order valence-corrected chi connectivity index (χ0v) is 20.4. The van der Waals surface area contributed by atoms with Gasteiger partial charge >= 0.3 is 6.09 Å². The summed E-state index contributed by atoms with van der Waals surface area (Å²) in [6.07, 6.45) is 1.30. The van der Waals surface area contributed by atoms with Gasteiger partial charge < -0.3 is 14.4 Å². The van der Waals surface area contributed by atoms with Crippen LogP contribution in [0.4, 0.5) is 13.6 Å². The Morgan fingerprint density at radius 1 is 0.971 bits per heavy atom. The summed E-state index contributed by atoms with van der Waals surface area (Å²) in [5, 5.41) is 0. The van der Waals surface area contributed by atoms with Crippen LogP contribution in [0.1, 0.15) is 50.8 Å². The summed E-state index contributed by atoms with van der Waals surface area (Å²) in [5.74, 6) is -0.585. The van der Waals surface area contributed by atoms with Crippen molar-refractivity contribution in [3.8, 4) is 0 Å². The number of carbonyl (C=O) groups is 1. The van der Waals surface area contributed by atoms with Gasteiger partial charge in [0, 0.05) is 32.2 Å². The van der Waals surface area contributed by atoms with Crippen LogP contribution < -0.4 is 0 Å². The van der Waals surface area contributed by atoms with Crippen LogP contribution in [-0.4, -0.2) is 60.9 Å². The minimum absolute atomic E-state index is 0.0123. The molecule has 2 aromatic carbocycles. The molecule has 7 heteroatoms. The maximum Gasteiger partial charge on any atom is 0.410 e. The number of amides is 1. The van der Waals surface area contributed by atoms with Crippen LogP contribution in [0.25, 0.3) is 0 Å². The first-order valence-corrected chi connectivity index (χ1v) is 11.9. The second-order valence-corrected chi connectivity index (χ2v) is 10.5. The van der Waals surface area contributed by atoms with Gasteiger partial charge in [-0.05, 0) is 75.5 Å². The Morgan fingerprint density at radius 2 is 1.53 bits per heavy atom. The molecule has 2 fully saturated rings. The molecule has 5 nitrogen and oxygen atoms in total. The normalized spacial score (nSPS) is 23.6. The number of hydrogen-bond donors (Lipinski definition) is 0. The van der Waals surface area contributed by atoms with Crippen LogP contribution in [0.3, 0.4) is 0 Å². The van der Waals surface area contributed by atoms with E-state index in [0.717, 1.165) is 30.5 Å². The molecule has 0 N–H and O–H groups in total. The molecular weight excluding hydrogens is 438 g/mol. The van der Waals surface area contributed by atoms with Crippen LogP contribution in [-0.2, 0) is 9.47 Å². The lowest BCUT2D eigenvalue weighted by Gasteiger charge is -2.46. The molecule has 0 saturated carbocycles. The molecule has 1 amide bonds. The molecule has 4 rings (SSSR count). The van der Waals surface area contributed by atoms with Gasteiger partial charge in [0.15, 0.2) is 0 Å². The quantitative estimate of drug-likeness (QED) is 0.597. The topological polar surface area (TPSA) is 42.0 Å². The van der Waals surface area contributed by atoms with E-state index in [-0.39, 0.29) is 35.3 Å². The molecular formula is C27H34F2N2O3. The predicted molar refractivity (Wildman–Crippen MR) is 126 cm³/mol. The van der Waals surface area contributed by atoms with Gasteiger partial charge in [-0.3, -0.25) is 4.90 Å². The lowest BCUT2D eigenvalue weighted by Crippen LogP contribution is -2.56. The maximum absolute atomic E-state index is 13.7. The monoisotopic (exact) mass is 472 g/mol. The first kappa shape index (κ1) is 24.6. The molecule has 2 aliphatic heterocycles. The molecule has 34 heavy (non-hydrogen) atoms. The Morgan fingerprint density at radius 3 is 2.03 bits per heavy atom. The van der Waals surface area contributed by atoms with Gasteiger partial charge in [-0.2, -0.15) is 0 Å². The minimum Gasteiger partial charge on any atom is -0.444 e. The van der Waals surface area contributed by atoms with Crippen LogP contribution >= 0.6 is 0 Å². The van der Waals surface area contributed by atoms with Gasteiger partial charge in [-0.1, -0.05) is 24.3 Å². The standard InChI is InChI=1S/C27H34F2N2O3/c1-26(2,3)34-25(32)31-15-13-23(33-4)27(18-31)14-16-30(17-27)24(19-5-9-21(28)10-6-19)20-7-11-22(29)12-8-20/h5-12,23-24H,13-18H2,1-4H3. The fourth-order valence-corrected chi connectivity index (χ4v) is 5.44. The van der Waals surface area contributed by atoms with E-state index in [1.165, 1.54) is 24.3 Å². The van der Waals surface area contributed by atoms with Gasteiger partial charge in [0.05, 0.1) is 12.1 Å². The van der Waals surface area contributed by atoms with Gasteiger partial charge in [0.2, 0.25) is 0 Å². The van der Waals surface area contributed by atoms with Crippen molar-refractivity contribution >= 4 is 6.09 Å². The highest BCUT2D eigenvalue weighted by atomic mass is 19.1. The number of carbonyl (C=O) groups excluding carboxylic acids is 1. The summed E-state index contributed by atoms with van der Waals surface area (Å²) in [5.41, 5.74) is 1.08. The summed E-state index contributed by atoms with van der Waals surface area (Å²) in [7, 11) is 1.73. The maximum atomic E-state index is 13.7. The Hall–Kier alpha value is -2.51. The molecule has 0 radical (unpaired) electrons. The van der Waals surface area contributed by atoms with E-state index in [1.54, 1.807) is 36.3 Å². The summed E-state index contributed by atoms with van der Waals surface area (Å²) in [6, 6.07) is 12.8. The molecule has 2 heterocycles. The van der Waals surface area contributed by atoms with Crippen molar-refractivity contribution < 1.29 is 23.0 Å². The Balaban J connectivity index is 1.62. The summed E-state index contributed by atoms with van der Waals surface area (Å²) >= 11 is 0. The number of ether oxygens (including phenoxy) is 2. The Bertz CT molecular complexity index is 945. The van der Waals surface area contributed by atoms with Crippen molar-refractivity contribution in [2.24, 2.45) is 5.41 Å². The highest BCUT2D eigenvalue weighted by Crippen LogP contribution is 2.45. The molecule has 1 spiro atoms. The van der Waals surface area contributed by atoms with Crippen LogP contribution in [0, 0.1) is 17.0 Å². The number of benzene rings is 2. The first-order chi connectivity index (χ1) is 16.1. The molecule has 2 aromatic rings. The van der Waals surface area contributed by atoms with E-state index in [4.69, 9.17) is 9.47 Å². The molecule has 0 aliphatic carbocycles. The average Bonchev–Trinajstić information content (AvgIpc) is 3.19. The van der Waals surface area contributed by atoms with E-state index in [9.17, 15) is 13.6 Å². The van der Waals surface area contributed by atoms with Gasteiger partial charge in [0.25, 0.3) is 0 Å². The predicted octanol–water partition coefficient (Wildman–Crippen LogP) is 5.40. The number of methoxy groups -OCH3 is 1.